The summed E-state index contributed by atoms with van der Waals surface area (Å²) < 4.78 is 5.21. The molecule has 1 aliphatic heterocycles. The molecule has 10 heavy (non-hydrogen) atoms. The summed E-state index contributed by atoms with van der Waals surface area (Å²) >= 11 is 0. The number of ether oxygens (including phenoxy) is 1. The van der Waals surface area contributed by atoms with Gasteiger partial charge in [0.15, 0.2) is 0 Å². The Morgan fingerprint density at radius 3 is 2.80 bits per heavy atom. The second kappa shape index (κ2) is 5.96. The lowest BCUT2D eigenvalue weighted by atomic mass is 10.0. The highest BCUT2D eigenvalue weighted by Gasteiger charge is 2.13. The quantitative estimate of drug-likeness (QED) is 0.682. The van der Waals surface area contributed by atoms with Gasteiger partial charge in [-0.1, -0.05) is 0 Å². The van der Waals surface area contributed by atoms with Crippen molar-refractivity contribution in [3.05, 3.63) is 0 Å². The van der Waals surface area contributed by atoms with Crippen molar-refractivity contribution in [2.75, 3.05) is 19.8 Å². The van der Waals surface area contributed by atoms with E-state index in [1.807, 2.05) is 0 Å². The summed E-state index contributed by atoms with van der Waals surface area (Å²) in [4.78, 5) is 0. The Bertz CT molecular complexity index is 74.0. The van der Waals surface area contributed by atoms with E-state index >= 15 is 0 Å². The van der Waals surface area contributed by atoms with Gasteiger partial charge in [0.05, 0.1) is 0 Å². The molecular weight excluding hydrogens is 150 g/mol. The Morgan fingerprint density at radius 2 is 2.30 bits per heavy atom. The molecule has 0 spiro atoms. The molecule has 0 aromatic heterocycles. The van der Waals surface area contributed by atoms with Gasteiger partial charge in [0.25, 0.3) is 0 Å². The van der Waals surface area contributed by atoms with Gasteiger partial charge in [0, 0.05) is 13.2 Å². The van der Waals surface area contributed by atoms with E-state index in [1.54, 1.807) is 0 Å². The minimum Gasteiger partial charge on any atom is -0.381 e. The smallest absolute Gasteiger partial charge is 0.0495 e. The molecule has 3 heteroatoms. The lowest BCUT2D eigenvalue weighted by Crippen LogP contribution is -2.04. The van der Waals surface area contributed by atoms with Crippen molar-refractivity contribution in [3.63, 3.8) is 0 Å². The molecule has 1 saturated heterocycles. The zero-order valence-corrected chi connectivity index (χ0v) is 7.03. The van der Waals surface area contributed by atoms with Crippen LogP contribution in [0.4, 0.5) is 0 Å². The van der Waals surface area contributed by atoms with Gasteiger partial charge in [0.2, 0.25) is 0 Å². The molecule has 0 aromatic carbocycles. The first-order valence-corrected chi connectivity index (χ1v) is 3.71. The molecule has 0 radical (unpaired) electrons. The van der Waals surface area contributed by atoms with Crippen molar-refractivity contribution in [2.45, 2.75) is 19.3 Å². The van der Waals surface area contributed by atoms with Gasteiger partial charge in [-0.25, -0.2) is 0 Å². The average Bonchev–Trinajstić information content (AvgIpc) is 2.34. The molecular formula is C7H16ClNO. The van der Waals surface area contributed by atoms with Crippen LogP contribution in [0.25, 0.3) is 0 Å². The van der Waals surface area contributed by atoms with Gasteiger partial charge in [-0.15, -0.1) is 12.4 Å². The van der Waals surface area contributed by atoms with Crippen molar-refractivity contribution in [1.29, 1.82) is 0 Å². The summed E-state index contributed by atoms with van der Waals surface area (Å²) in [6, 6.07) is 0. The van der Waals surface area contributed by atoms with Gasteiger partial charge in [-0.3, -0.25) is 0 Å². The van der Waals surface area contributed by atoms with Crippen molar-refractivity contribution >= 4 is 12.4 Å². The molecule has 0 aromatic rings. The second-order valence-electron chi connectivity index (χ2n) is 2.66. The Kier molecular flexibility index (Phi) is 6.08. The normalized spacial score (nSPS) is 24.3. The first-order valence-electron chi connectivity index (χ1n) is 3.71. The molecule has 1 atom stereocenters. The van der Waals surface area contributed by atoms with E-state index in [2.05, 4.69) is 0 Å². The molecule has 0 aliphatic carbocycles. The Morgan fingerprint density at radius 1 is 1.50 bits per heavy atom. The Balaban J connectivity index is 0.000000810. The fraction of sp³-hybridized carbons (Fsp3) is 1.00. The lowest BCUT2D eigenvalue weighted by Gasteiger charge is -2.03. The van der Waals surface area contributed by atoms with E-state index in [1.165, 1.54) is 12.8 Å². The topological polar surface area (TPSA) is 35.2 Å². The van der Waals surface area contributed by atoms with E-state index in [4.69, 9.17) is 10.5 Å². The summed E-state index contributed by atoms with van der Waals surface area (Å²) in [5.41, 5.74) is 5.37. The van der Waals surface area contributed by atoms with Crippen LogP contribution in [-0.2, 0) is 4.74 Å². The van der Waals surface area contributed by atoms with Crippen LogP contribution in [0.2, 0.25) is 0 Å². The molecule has 1 rings (SSSR count). The summed E-state index contributed by atoms with van der Waals surface area (Å²) in [6.07, 6.45) is 3.67. The van der Waals surface area contributed by atoms with Crippen LogP contribution < -0.4 is 5.73 Å². The van der Waals surface area contributed by atoms with Crippen LogP contribution in [0.3, 0.4) is 0 Å². The first-order chi connectivity index (χ1) is 4.43. The van der Waals surface area contributed by atoms with Crippen LogP contribution in [0.5, 0.6) is 0 Å². The molecule has 1 fully saturated rings. The first kappa shape index (κ1) is 10.2. The van der Waals surface area contributed by atoms with Gasteiger partial charge in [0.1, 0.15) is 0 Å². The summed E-state index contributed by atoms with van der Waals surface area (Å²) in [5, 5.41) is 0. The third-order valence-electron chi connectivity index (χ3n) is 1.84. The lowest BCUT2D eigenvalue weighted by molar-refractivity contribution is 0.184. The number of rotatable bonds is 3. The highest BCUT2D eigenvalue weighted by atomic mass is 35.5. The maximum Gasteiger partial charge on any atom is 0.0495 e. The van der Waals surface area contributed by atoms with Crippen molar-refractivity contribution in [2.24, 2.45) is 11.7 Å². The molecule has 1 unspecified atom stereocenters. The molecule has 1 heterocycles. The highest BCUT2D eigenvalue weighted by molar-refractivity contribution is 5.85. The predicted molar refractivity (Wildman–Crippen MR) is 44.5 cm³/mol. The van der Waals surface area contributed by atoms with Gasteiger partial charge in [-0.2, -0.15) is 0 Å². The minimum atomic E-state index is 0. The molecule has 2 nitrogen and oxygen atoms in total. The van der Waals surface area contributed by atoms with Crippen LogP contribution >= 0.6 is 12.4 Å². The molecule has 0 bridgehead atoms. The number of nitrogens with two attached hydrogens (primary N) is 1. The monoisotopic (exact) mass is 165 g/mol. The Hall–Kier alpha value is 0.210. The van der Waals surface area contributed by atoms with Crippen LogP contribution in [-0.4, -0.2) is 19.8 Å². The standard InChI is InChI=1S/C7H15NO.ClH/c8-4-1-2-7-3-5-9-6-7;/h7H,1-6,8H2;1H. The predicted octanol–water partition coefficient (Wildman–Crippen LogP) is 1.18. The average molecular weight is 166 g/mol. The third-order valence-corrected chi connectivity index (χ3v) is 1.84. The van der Waals surface area contributed by atoms with Crippen LogP contribution in [0.15, 0.2) is 0 Å². The van der Waals surface area contributed by atoms with Gasteiger partial charge >= 0.3 is 0 Å². The number of hydrogen-bond donors (Lipinski definition) is 1. The molecule has 1 aliphatic rings. The van der Waals surface area contributed by atoms with E-state index < -0.39 is 0 Å². The van der Waals surface area contributed by atoms with Crippen molar-refractivity contribution < 1.29 is 4.74 Å². The van der Waals surface area contributed by atoms with Crippen molar-refractivity contribution in [1.82, 2.24) is 0 Å². The van der Waals surface area contributed by atoms with Crippen LogP contribution in [0.1, 0.15) is 19.3 Å². The fourth-order valence-corrected chi connectivity index (χ4v) is 1.22. The number of halogens is 1. The summed E-state index contributed by atoms with van der Waals surface area (Å²) in [5.74, 6) is 0.813. The van der Waals surface area contributed by atoms with Gasteiger partial charge < -0.3 is 10.5 Å². The largest absolute Gasteiger partial charge is 0.381 e. The van der Waals surface area contributed by atoms with E-state index in [9.17, 15) is 0 Å². The van der Waals surface area contributed by atoms with E-state index in [0.717, 1.165) is 32.1 Å². The molecule has 2 N–H and O–H groups in total. The summed E-state index contributed by atoms with van der Waals surface area (Å²) in [7, 11) is 0. The molecule has 0 amide bonds. The maximum absolute atomic E-state index is 5.37. The second-order valence-corrected chi connectivity index (χ2v) is 2.66. The minimum absolute atomic E-state index is 0. The van der Waals surface area contributed by atoms with Crippen LogP contribution in [0, 0.1) is 5.92 Å². The fourth-order valence-electron chi connectivity index (χ4n) is 1.22. The number of hydrogen-bond acceptors (Lipinski definition) is 2. The summed E-state index contributed by atoms with van der Waals surface area (Å²) in [6.45, 7) is 2.77. The SMILES string of the molecule is Cl.NCCCC1CCOC1. The van der Waals surface area contributed by atoms with Crippen molar-refractivity contribution in [3.8, 4) is 0 Å². The molecule has 0 saturated carbocycles. The Labute approximate surface area is 68.5 Å². The third kappa shape index (κ3) is 3.40. The molecule has 62 valence electrons. The zero-order chi connectivity index (χ0) is 6.53. The van der Waals surface area contributed by atoms with E-state index in [0.29, 0.717) is 0 Å². The maximum atomic E-state index is 5.37. The zero-order valence-electron chi connectivity index (χ0n) is 6.21. The highest BCUT2D eigenvalue weighted by Crippen LogP contribution is 2.16. The van der Waals surface area contributed by atoms with Gasteiger partial charge in [-0.05, 0) is 31.7 Å². The van der Waals surface area contributed by atoms with E-state index in [-0.39, 0.29) is 12.4 Å².